The number of benzene rings is 3. The van der Waals surface area contributed by atoms with Crippen LogP contribution in [-0.2, 0) is 0 Å². The lowest BCUT2D eigenvalue weighted by atomic mass is 9.99. The molecule has 0 saturated heterocycles. The highest BCUT2D eigenvalue weighted by atomic mass is 16.5. The fourth-order valence-electron chi connectivity index (χ4n) is 2.68. The molecule has 0 aliphatic heterocycles. The smallest absolute Gasteiger partial charge is 0.315 e. The third-order valence-corrected chi connectivity index (χ3v) is 3.94. The molecular formula is C22H22N2O2. The second-order valence-electron chi connectivity index (χ2n) is 5.82. The maximum absolute atomic E-state index is 12.3. The molecule has 2 N–H and O–H groups in total. The van der Waals surface area contributed by atoms with Gasteiger partial charge in [-0.3, -0.25) is 0 Å². The summed E-state index contributed by atoms with van der Waals surface area (Å²) in [6.45, 7) is 0.843. The van der Waals surface area contributed by atoms with E-state index in [1.54, 1.807) is 0 Å². The van der Waals surface area contributed by atoms with Crippen LogP contribution in [0.4, 0.5) is 4.79 Å². The molecule has 0 fully saturated rings. The van der Waals surface area contributed by atoms with Crippen molar-refractivity contribution in [1.29, 1.82) is 0 Å². The number of hydrogen-bond donors (Lipinski definition) is 2. The number of ether oxygens (including phenoxy) is 1. The van der Waals surface area contributed by atoms with Crippen LogP contribution in [0.3, 0.4) is 0 Å². The normalized spacial score (nSPS) is 10.3. The van der Waals surface area contributed by atoms with Gasteiger partial charge in [-0.15, -0.1) is 0 Å². The van der Waals surface area contributed by atoms with E-state index in [0.29, 0.717) is 13.2 Å². The van der Waals surface area contributed by atoms with Crippen LogP contribution in [0.25, 0.3) is 0 Å². The SMILES string of the molecule is O=C(NCCOc1ccccc1)NC(c1ccccc1)c1ccccc1. The molecular weight excluding hydrogens is 324 g/mol. The largest absolute Gasteiger partial charge is 0.492 e. The van der Waals surface area contributed by atoms with Gasteiger partial charge in [-0.2, -0.15) is 0 Å². The minimum absolute atomic E-state index is 0.201. The summed E-state index contributed by atoms with van der Waals surface area (Å²) in [6.07, 6.45) is 0. The van der Waals surface area contributed by atoms with Crippen LogP contribution in [0.1, 0.15) is 17.2 Å². The lowest BCUT2D eigenvalue weighted by Crippen LogP contribution is -2.40. The Labute approximate surface area is 153 Å². The molecule has 0 radical (unpaired) electrons. The third kappa shape index (κ3) is 5.11. The van der Waals surface area contributed by atoms with E-state index in [1.807, 2.05) is 91.0 Å². The van der Waals surface area contributed by atoms with Gasteiger partial charge >= 0.3 is 6.03 Å². The molecule has 0 aromatic heterocycles. The van der Waals surface area contributed by atoms with Crippen molar-refractivity contribution in [3.63, 3.8) is 0 Å². The number of amides is 2. The lowest BCUT2D eigenvalue weighted by molar-refractivity contribution is 0.234. The van der Waals surface area contributed by atoms with E-state index in [1.165, 1.54) is 0 Å². The second-order valence-corrected chi connectivity index (χ2v) is 5.82. The first-order chi connectivity index (χ1) is 12.8. The Hall–Kier alpha value is -3.27. The zero-order valence-electron chi connectivity index (χ0n) is 14.5. The molecule has 0 atom stereocenters. The molecule has 2 amide bonds. The number of carbonyl (C=O) groups excluding carboxylic acids is 1. The Morgan fingerprint density at radius 2 is 1.27 bits per heavy atom. The molecule has 132 valence electrons. The van der Waals surface area contributed by atoms with Gasteiger partial charge in [-0.05, 0) is 23.3 Å². The fourth-order valence-corrected chi connectivity index (χ4v) is 2.68. The standard InChI is InChI=1S/C22H22N2O2/c25-22(23-16-17-26-20-14-8-3-9-15-20)24-21(18-10-4-1-5-11-18)19-12-6-2-7-13-19/h1-15,21H,16-17H2,(H2,23,24,25). The first kappa shape index (κ1) is 17.5. The molecule has 0 spiro atoms. The van der Waals surface area contributed by atoms with Gasteiger partial charge in [-0.25, -0.2) is 4.79 Å². The van der Waals surface area contributed by atoms with Crippen LogP contribution in [0.15, 0.2) is 91.0 Å². The Bertz CT molecular complexity index is 753. The Kier molecular flexibility index (Phi) is 6.26. The molecule has 0 bridgehead atoms. The summed E-state index contributed by atoms with van der Waals surface area (Å²) < 4.78 is 5.59. The van der Waals surface area contributed by atoms with Gasteiger partial charge in [-0.1, -0.05) is 78.9 Å². The van der Waals surface area contributed by atoms with E-state index in [4.69, 9.17) is 4.74 Å². The van der Waals surface area contributed by atoms with E-state index >= 15 is 0 Å². The van der Waals surface area contributed by atoms with Crippen molar-refractivity contribution in [2.45, 2.75) is 6.04 Å². The van der Waals surface area contributed by atoms with Gasteiger partial charge in [0.25, 0.3) is 0 Å². The molecule has 4 nitrogen and oxygen atoms in total. The third-order valence-electron chi connectivity index (χ3n) is 3.94. The average Bonchev–Trinajstić information content (AvgIpc) is 2.71. The molecule has 0 aliphatic carbocycles. The van der Waals surface area contributed by atoms with Crippen LogP contribution in [0.5, 0.6) is 5.75 Å². The second kappa shape index (κ2) is 9.28. The molecule has 0 saturated carbocycles. The number of carbonyl (C=O) groups is 1. The minimum atomic E-state index is -0.223. The van der Waals surface area contributed by atoms with Gasteiger partial charge < -0.3 is 15.4 Å². The van der Waals surface area contributed by atoms with Gasteiger partial charge in [0.05, 0.1) is 12.6 Å². The quantitative estimate of drug-likeness (QED) is 0.631. The van der Waals surface area contributed by atoms with Crippen LogP contribution < -0.4 is 15.4 Å². The highest BCUT2D eigenvalue weighted by Gasteiger charge is 2.16. The molecule has 0 unspecified atom stereocenters. The Balaban J connectivity index is 1.56. The molecule has 4 heteroatoms. The molecule has 26 heavy (non-hydrogen) atoms. The van der Waals surface area contributed by atoms with Gasteiger partial charge in [0.15, 0.2) is 0 Å². The maximum atomic E-state index is 12.3. The van der Waals surface area contributed by atoms with Crippen LogP contribution in [-0.4, -0.2) is 19.2 Å². The molecule has 3 aromatic carbocycles. The van der Waals surface area contributed by atoms with E-state index < -0.39 is 0 Å². The highest BCUT2D eigenvalue weighted by molar-refractivity contribution is 5.75. The summed E-state index contributed by atoms with van der Waals surface area (Å²) in [6, 6.07) is 29.0. The number of hydrogen-bond acceptors (Lipinski definition) is 2. The van der Waals surface area contributed by atoms with Crippen molar-refractivity contribution >= 4 is 6.03 Å². The van der Waals surface area contributed by atoms with Crippen molar-refractivity contribution in [3.8, 4) is 5.75 Å². The Morgan fingerprint density at radius 3 is 1.81 bits per heavy atom. The summed E-state index contributed by atoms with van der Waals surface area (Å²) in [5.41, 5.74) is 2.07. The number of urea groups is 1. The fraction of sp³-hybridized carbons (Fsp3) is 0.136. The van der Waals surface area contributed by atoms with Gasteiger partial charge in [0.1, 0.15) is 12.4 Å². The Morgan fingerprint density at radius 1 is 0.769 bits per heavy atom. The van der Waals surface area contributed by atoms with Crippen molar-refractivity contribution in [1.82, 2.24) is 10.6 Å². The van der Waals surface area contributed by atoms with Gasteiger partial charge in [0, 0.05) is 0 Å². The van der Waals surface area contributed by atoms with Crippen molar-refractivity contribution in [2.24, 2.45) is 0 Å². The van der Waals surface area contributed by atoms with E-state index in [0.717, 1.165) is 16.9 Å². The summed E-state index contributed by atoms with van der Waals surface area (Å²) in [4.78, 5) is 12.3. The predicted octanol–water partition coefficient (Wildman–Crippen LogP) is 4.15. The molecule has 3 rings (SSSR count). The monoisotopic (exact) mass is 346 g/mol. The summed E-state index contributed by atoms with van der Waals surface area (Å²) >= 11 is 0. The predicted molar refractivity (Wildman–Crippen MR) is 103 cm³/mol. The maximum Gasteiger partial charge on any atom is 0.315 e. The number of nitrogens with one attached hydrogen (secondary N) is 2. The van der Waals surface area contributed by atoms with Crippen molar-refractivity contribution in [3.05, 3.63) is 102 Å². The first-order valence-electron chi connectivity index (χ1n) is 8.65. The zero-order valence-corrected chi connectivity index (χ0v) is 14.5. The van der Waals surface area contributed by atoms with E-state index in [2.05, 4.69) is 10.6 Å². The van der Waals surface area contributed by atoms with Crippen molar-refractivity contribution < 1.29 is 9.53 Å². The number of rotatable bonds is 7. The van der Waals surface area contributed by atoms with E-state index in [9.17, 15) is 4.79 Å². The molecule has 0 aliphatic rings. The average molecular weight is 346 g/mol. The summed E-state index contributed by atoms with van der Waals surface area (Å²) in [5.74, 6) is 0.793. The van der Waals surface area contributed by atoms with Crippen LogP contribution >= 0.6 is 0 Å². The van der Waals surface area contributed by atoms with Crippen LogP contribution in [0.2, 0.25) is 0 Å². The van der Waals surface area contributed by atoms with Gasteiger partial charge in [0.2, 0.25) is 0 Å². The summed E-state index contributed by atoms with van der Waals surface area (Å²) in [5, 5.41) is 5.89. The topological polar surface area (TPSA) is 50.4 Å². The summed E-state index contributed by atoms with van der Waals surface area (Å²) in [7, 11) is 0. The lowest BCUT2D eigenvalue weighted by Gasteiger charge is -2.20. The molecule has 0 heterocycles. The van der Waals surface area contributed by atoms with E-state index in [-0.39, 0.29) is 12.1 Å². The highest BCUT2D eigenvalue weighted by Crippen LogP contribution is 2.21. The van der Waals surface area contributed by atoms with Crippen molar-refractivity contribution in [2.75, 3.05) is 13.2 Å². The first-order valence-corrected chi connectivity index (χ1v) is 8.65. The number of para-hydroxylation sites is 1. The van der Waals surface area contributed by atoms with Crippen LogP contribution in [0, 0.1) is 0 Å². The minimum Gasteiger partial charge on any atom is -0.492 e. The zero-order chi connectivity index (χ0) is 18.0. The molecule has 3 aromatic rings.